The Labute approximate surface area is 125 Å². The van der Waals surface area contributed by atoms with Crippen LogP contribution in [0, 0.1) is 0 Å². The van der Waals surface area contributed by atoms with Crippen LogP contribution in [0.3, 0.4) is 0 Å². The highest BCUT2D eigenvalue weighted by Crippen LogP contribution is 2.25. The maximum atomic E-state index is 12.4. The molecule has 0 aliphatic heterocycles. The fourth-order valence-corrected chi connectivity index (χ4v) is 3.53. The number of thioether (sulfide) groups is 1. The average Bonchev–Trinajstić information content (AvgIpc) is 2.39. The van der Waals surface area contributed by atoms with E-state index in [1.54, 1.807) is 0 Å². The van der Waals surface area contributed by atoms with Gasteiger partial charge in [-0.1, -0.05) is 19.3 Å². The van der Waals surface area contributed by atoms with E-state index >= 15 is 0 Å². The summed E-state index contributed by atoms with van der Waals surface area (Å²) in [5.74, 6) is -0.319. The molecule has 0 spiro atoms. The standard InChI is InChI=1S/C14H26N2O3S/c1-10(2)16(11-6-4-3-5-7-11)13(17)9-20-8-12(15)14(18)19/h10-12H,3-9,15H2,1-2H3,(H,18,19)/t12-/m0/s1. The minimum atomic E-state index is -1.02. The lowest BCUT2D eigenvalue weighted by molar-refractivity contribution is -0.138. The third-order valence-corrected chi connectivity index (χ3v) is 4.70. The van der Waals surface area contributed by atoms with Gasteiger partial charge in [-0.3, -0.25) is 9.59 Å². The molecule has 0 radical (unpaired) electrons. The molecule has 20 heavy (non-hydrogen) atoms. The van der Waals surface area contributed by atoms with Gasteiger partial charge in [0.2, 0.25) is 5.91 Å². The fourth-order valence-electron chi connectivity index (χ4n) is 2.69. The molecule has 1 rings (SSSR count). The quantitative estimate of drug-likeness (QED) is 0.748. The predicted molar refractivity (Wildman–Crippen MR) is 81.8 cm³/mol. The largest absolute Gasteiger partial charge is 0.480 e. The van der Waals surface area contributed by atoms with Crippen molar-refractivity contribution in [3.8, 4) is 0 Å². The lowest BCUT2D eigenvalue weighted by Crippen LogP contribution is -2.46. The molecule has 116 valence electrons. The monoisotopic (exact) mass is 302 g/mol. The number of nitrogens with zero attached hydrogens (tertiary/aromatic N) is 1. The first-order valence-electron chi connectivity index (χ1n) is 7.30. The lowest BCUT2D eigenvalue weighted by Gasteiger charge is -2.37. The molecule has 1 aliphatic rings. The Kier molecular flexibility index (Phi) is 7.37. The van der Waals surface area contributed by atoms with E-state index in [1.807, 2.05) is 18.7 Å². The third-order valence-electron chi connectivity index (χ3n) is 3.65. The van der Waals surface area contributed by atoms with E-state index in [9.17, 15) is 9.59 Å². The van der Waals surface area contributed by atoms with E-state index in [-0.39, 0.29) is 17.7 Å². The van der Waals surface area contributed by atoms with E-state index < -0.39 is 12.0 Å². The molecule has 0 unspecified atom stereocenters. The van der Waals surface area contributed by atoms with E-state index in [4.69, 9.17) is 10.8 Å². The second kappa shape index (κ2) is 8.52. The Hall–Kier alpha value is -0.750. The van der Waals surface area contributed by atoms with Gasteiger partial charge in [-0.2, -0.15) is 0 Å². The van der Waals surface area contributed by atoms with E-state index in [0.717, 1.165) is 12.8 Å². The highest BCUT2D eigenvalue weighted by molar-refractivity contribution is 8.00. The van der Waals surface area contributed by atoms with Crippen molar-refractivity contribution in [3.05, 3.63) is 0 Å². The SMILES string of the molecule is CC(C)N(C(=O)CSC[C@H](N)C(=O)O)C1CCCCC1. The second-order valence-electron chi connectivity index (χ2n) is 5.65. The number of aliphatic carboxylic acids is 1. The molecule has 5 nitrogen and oxygen atoms in total. The summed E-state index contributed by atoms with van der Waals surface area (Å²) < 4.78 is 0. The van der Waals surface area contributed by atoms with E-state index in [2.05, 4.69) is 0 Å². The molecular formula is C14H26N2O3S. The van der Waals surface area contributed by atoms with Crippen LogP contribution >= 0.6 is 11.8 Å². The molecule has 0 aromatic carbocycles. The molecule has 0 saturated heterocycles. The summed E-state index contributed by atoms with van der Waals surface area (Å²) in [6.07, 6.45) is 5.82. The number of amides is 1. The third kappa shape index (κ3) is 5.32. The van der Waals surface area contributed by atoms with Crippen molar-refractivity contribution < 1.29 is 14.7 Å². The smallest absolute Gasteiger partial charge is 0.321 e. The Balaban J connectivity index is 2.46. The normalized spacial score (nSPS) is 18.0. The minimum Gasteiger partial charge on any atom is -0.480 e. The van der Waals surface area contributed by atoms with Gasteiger partial charge in [0.05, 0.1) is 5.75 Å². The van der Waals surface area contributed by atoms with Crippen molar-refractivity contribution in [3.63, 3.8) is 0 Å². The van der Waals surface area contributed by atoms with E-state index in [0.29, 0.717) is 11.8 Å². The number of carbonyl (C=O) groups is 2. The predicted octanol–water partition coefficient (Wildman–Crippen LogP) is 1.70. The molecule has 3 N–H and O–H groups in total. The molecule has 1 atom stereocenters. The van der Waals surface area contributed by atoms with Crippen LogP contribution in [0.1, 0.15) is 46.0 Å². The molecule has 0 bridgehead atoms. The zero-order valence-corrected chi connectivity index (χ0v) is 13.2. The maximum absolute atomic E-state index is 12.4. The molecule has 0 heterocycles. The van der Waals surface area contributed by atoms with Crippen molar-refractivity contribution in [2.75, 3.05) is 11.5 Å². The molecule has 1 amide bonds. The Morgan fingerprint density at radius 1 is 1.30 bits per heavy atom. The van der Waals surface area contributed by atoms with Gasteiger partial charge < -0.3 is 15.7 Å². The van der Waals surface area contributed by atoms with Crippen LogP contribution in [-0.2, 0) is 9.59 Å². The number of nitrogens with two attached hydrogens (primary N) is 1. The lowest BCUT2D eigenvalue weighted by atomic mass is 9.93. The van der Waals surface area contributed by atoms with Gasteiger partial charge in [0, 0.05) is 17.8 Å². The summed E-state index contributed by atoms with van der Waals surface area (Å²) in [5.41, 5.74) is 5.44. The van der Waals surface area contributed by atoms with Crippen LogP contribution in [0.25, 0.3) is 0 Å². The highest BCUT2D eigenvalue weighted by Gasteiger charge is 2.27. The minimum absolute atomic E-state index is 0.106. The number of carboxylic acid groups (broad SMARTS) is 1. The van der Waals surface area contributed by atoms with Crippen molar-refractivity contribution in [2.45, 2.75) is 64.1 Å². The van der Waals surface area contributed by atoms with Gasteiger partial charge in [0.25, 0.3) is 0 Å². The van der Waals surface area contributed by atoms with Crippen LogP contribution in [-0.4, -0.2) is 51.5 Å². The number of hydrogen-bond donors (Lipinski definition) is 2. The average molecular weight is 302 g/mol. The van der Waals surface area contributed by atoms with Crippen molar-refractivity contribution in [1.29, 1.82) is 0 Å². The van der Waals surface area contributed by atoms with Crippen molar-refractivity contribution >= 4 is 23.6 Å². The molecule has 0 aromatic rings. The first-order valence-corrected chi connectivity index (χ1v) is 8.46. The van der Waals surface area contributed by atoms with Crippen LogP contribution in [0.2, 0.25) is 0 Å². The molecule has 1 aliphatic carbocycles. The van der Waals surface area contributed by atoms with Gasteiger partial charge in [0.15, 0.2) is 0 Å². The Bertz CT molecular complexity index is 330. The van der Waals surface area contributed by atoms with Crippen molar-refractivity contribution in [2.24, 2.45) is 5.73 Å². The number of carbonyl (C=O) groups excluding carboxylic acids is 1. The molecule has 6 heteroatoms. The highest BCUT2D eigenvalue weighted by atomic mass is 32.2. The van der Waals surface area contributed by atoms with Gasteiger partial charge in [0.1, 0.15) is 6.04 Å². The van der Waals surface area contributed by atoms with E-state index in [1.165, 1.54) is 31.0 Å². The number of rotatable bonds is 7. The first-order chi connectivity index (χ1) is 9.43. The van der Waals surface area contributed by atoms with Gasteiger partial charge in [-0.25, -0.2) is 0 Å². The van der Waals surface area contributed by atoms with Gasteiger partial charge in [-0.15, -0.1) is 11.8 Å². The summed E-state index contributed by atoms with van der Waals surface area (Å²) in [7, 11) is 0. The molecule has 0 aromatic heterocycles. The Morgan fingerprint density at radius 2 is 1.90 bits per heavy atom. The molecule has 1 fully saturated rings. The molecule has 1 saturated carbocycles. The van der Waals surface area contributed by atoms with Crippen LogP contribution in [0.4, 0.5) is 0 Å². The summed E-state index contributed by atoms with van der Waals surface area (Å²) in [6.45, 7) is 4.08. The maximum Gasteiger partial charge on any atom is 0.321 e. The van der Waals surface area contributed by atoms with Crippen LogP contribution in [0.5, 0.6) is 0 Å². The summed E-state index contributed by atoms with van der Waals surface area (Å²) in [4.78, 5) is 25.0. The zero-order valence-electron chi connectivity index (χ0n) is 12.4. The topological polar surface area (TPSA) is 83.6 Å². The number of carboxylic acids is 1. The zero-order chi connectivity index (χ0) is 15.1. The van der Waals surface area contributed by atoms with Crippen LogP contribution in [0.15, 0.2) is 0 Å². The van der Waals surface area contributed by atoms with Gasteiger partial charge in [-0.05, 0) is 26.7 Å². The fraction of sp³-hybridized carbons (Fsp3) is 0.857. The first kappa shape index (κ1) is 17.3. The van der Waals surface area contributed by atoms with Crippen molar-refractivity contribution in [1.82, 2.24) is 4.90 Å². The molecular weight excluding hydrogens is 276 g/mol. The summed E-state index contributed by atoms with van der Waals surface area (Å²) in [6, 6.07) is -0.348. The Morgan fingerprint density at radius 3 is 2.40 bits per heavy atom. The number of hydrogen-bond acceptors (Lipinski definition) is 4. The summed E-state index contributed by atoms with van der Waals surface area (Å²) >= 11 is 1.31. The second-order valence-corrected chi connectivity index (χ2v) is 6.68. The van der Waals surface area contributed by atoms with Gasteiger partial charge >= 0.3 is 5.97 Å². The van der Waals surface area contributed by atoms with Crippen LogP contribution < -0.4 is 5.73 Å². The summed E-state index contributed by atoms with van der Waals surface area (Å²) in [5, 5.41) is 8.71.